The van der Waals surface area contributed by atoms with E-state index < -0.39 is 0 Å². The Kier molecular flexibility index (Phi) is 5.81. The van der Waals surface area contributed by atoms with Gasteiger partial charge >= 0.3 is 0 Å². The molecule has 0 bridgehead atoms. The molecular weight excluding hydrogens is 310 g/mol. The number of halogens is 1. The Labute approximate surface area is 130 Å². The predicted octanol–water partition coefficient (Wildman–Crippen LogP) is 5.04. The Morgan fingerprint density at radius 1 is 1.10 bits per heavy atom. The first-order chi connectivity index (χ1) is 9.69. The molecule has 2 aromatic rings. The quantitative estimate of drug-likeness (QED) is 0.781. The van der Waals surface area contributed by atoms with Gasteiger partial charge in [0.1, 0.15) is 0 Å². The zero-order chi connectivity index (χ0) is 14.4. The second-order valence-corrected chi connectivity index (χ2v) is 6.20. The second-order valence-electron chi connectivity index (χ2n) is 5.28. The zero-order valence-electron chi connectivity index (χ0n) is 12.2. The van der Waals surface area contributed by atoms with Gasteiger partial charge in [-0.05, 0) is 62.1 Å². The molecule has 0 heterocycles. The molecule has 0 amide bonds. The van der Waals surface area contributed by atoms with Crippen molar-refractivity contribution >= 4 is 15.9 Å². The van der Waals surface area contributed by atoms with Gasteiger partial charge in [0, 0.05) is 10.5 Å². The first-order valence-corrected chi connectivity index (χ1v) is 7.96. The monoisotopic (exact) mass is 331 g/mol. The van der Waals surface area contributed by atoms with Gasteiger partial charge in [-0.15, -0.1) is 0 Å². The van der Waals surface area contributed by atoms with Crippen LogP contribution in [0.1, 0.15) is 35.6 Å². The molecule has 2 aromatic carbocycles. The third-order valence-electron chi connectivity index (χ3n) is 3.62. The SMILES string of the molecule is CNC(CCCc1ccccc1)c1cc(C)cc(Br)c1. The van der Waals surface area contributed by atoms with Crippen molar-refractivity contribution < 1.29 is 0 Å². The van der Waals surface area contributed by atoms with Gasteiger partial charge in [-0.1, -0.05) is 52.3 Å². The fraction of sp³-hybridized carbons (Fsp3) is 0.333. The Morgan fingerprint density at radius 2 is 1.85 bits per heavy atom. The summed E-state index contributed by atoms with van der Waals surface area (Å²) < 4.78 is 1.16. The van der Waals surface area contributed by atoms with Gasteiger partial charge in [-0.2, -0.15) is 0 Å². The lowest BCUT2D eigenvalue weighted by molar-refractivity contribution is 0.526. The van der Waals surface area contributed by atoms with Crippen LogP contribution in [-0.2, 0) is 6.42 Å². The van der Waals surface area contributed by atoms with Crippen LogP contribution in [0.15, 0.2) is 53.0 Å². The highest BCUT2D eigenvalue weighted by Gasteiger charge is 2.10. The predicted molar refractivity (Wildman–Crippen MR) is 90.1 cm³/mol. The van der Waals surface area contributed by atoms with Crippen molar-refractivity contribution in [2.24, 2.45) is 0 Å². The molecule has 0 aliphatic heterocycles. The van der Waals surface area contributed by atoms with Crippen molar-refractivity contribution in [2.45, 2.75) is 32.2 Å². The van der Waals surface area contributed by atoms with E-state index in [1.54, 1.807) is 0 Å². The smallest absolute Gasteiger partial charge is 0.0318 e. The van der Waals surface area contributed by atoms with Crippen LogP contribution >= 0.6 is 15.9 Å². The minimum Gasteiger partial charge on any atom is -0.313 e. The molecule has 0 saturated heterocycles. The Morgan fingerprint density at radius 3 is 2.50 bits per heavy atom. The summed E-state index contributed by atoms with van der Waals surface area (Å²) in [6.45, 7) is 2.14. The molecule has 0 aromatic heterocycles. The molecule has 2 rings (SSSR count). The van der Waals surface area contributed by atoms with Gasteiger partial charge in [0.15, 0.2) is 0 Å². The molecule has 0 aliphatic carbocycles. The van der Waals surface area contributed by atoms with E-state index in [2.05, 4.69) is 76.7 Å². The molecule has 1 nitrogen and oxygen atoms in total. The molecule has 20 heavy (non-hydrogen) atoms. The molecule has 0 radical (unpaired) electrons. The van der Waals surface area contributed by atoms with Crippen molar-refractivity contribution in [2.75, 3.05) is 7.05 Å². The van der Waals surface area contributed by atoms with Crippen LogP contribution in [0.4, 0.5) is 0 Å². The second kappa shape index (κ2) is 7.61. The summed E-state index contributed by atoms with van der Waals surface area (Å²) in [5.41, 5.74) is 4.10. The van der Waals surface area contributed by atoms with Crippen molar-refractivity contribution in [3.63, 3.8) is 0 Å². The van der Waals surface area contributed by atoms with Crippen LogP contribution in [0.2, 0.25) is 0 Å². The largest absolute Gasteiger partial charge is 0.313 e. The van der Waals surface area contributed by atoms with E-state index >= 15 is 0 Å². The Bertz CT molecular complexity index is 516. The molecule has 0 saturated carbocycles. The van der Waals surface area contributed by atoms with E-state index in [0.29, 0.717) is 6.04 Å². The van der Waals surface area contributed by atoms with Crippen LogP contribution in [0.25, 0.3) is 0 Å². The van der Waals surface area contributed by atoms with E-state index in [1.165, 1.54) is 23.1 Å². The first kappa shape index (κ1) is 15.3. The van der Waals surface area contributed by atoms with Gasteiger partial charge in [0.2, 0.25) is 0 Å². The Hall–Kier alpha value is -1.12. The third-order valence-corrected chi connectivity index (χ3v) is 4.07. The highest BCUT2D eigenvalue weighted by atomic mass is 79.9. The maximum Gasteiger partial charge on any atom is 0.0318 e. The summed E-state index contributed by atoms with van der Waals surface area (Å²) in [5.74, 6) is 0. The van der Waals surface area contributed by atoms with E-state index in [1.807, 2.05) is 7.05 Å². The summed E-state index contributed by atoms with van der Waals surface area (Å²) in [4.78, 5) is 0. The number of aryl methyl sites for hydroxylation is 2. The summed E-state index contributed by atoms with van der Waals surface area (Å²) in [6, 6.07) is 17.8. The maximum absolute atomic E-state index is 3.59. The van der Waals surface area contributed by atoms with Crippen LogP contribution in [0, 0.1) is 6.92 Å². The highest BCUT2D eigenvalue weighted by Crippen LogP contribution is 2.24. The molecule has 0 aliphatic rings. The number of rotatable bonds is 6. The van der Waals surface area contributed by atoms with Crippen molar-refractivity contribution in [3.8, 4) is 0 Å². The molecule has 0 fully saturated rings. The summed E-state index contributed by atoms with van der Waals surface area (Å²) in [6.07, 6.45) is 3.49. The number of hydrogen-bond donors (Lipinski definition) is 1. The van der Waals surface area contributed by atoms with Crippen LogP contribution < -0.4 is 5.32 Å². The van der Waals surface area contributed by atoms with Gasteiger partial charge in [-0.25, -0.2) is 0 Å². The van der Waals surface area contributed by atoms with Crippen molar-refractivity contribution in [1.82, 2.24) is 5.32 Å². The maximum atomic E-state index is 3.59. The molecule has 106 valence electrons. The van der Waals surface area contributed by atoms with Gasteiger partial charge in [0.05, 0.1) is 0 Å². The summed E-state index contributed by atoms with van der Waals surface area (Å²) in [5, 5.41) is 3.44. The zero-order valence-corrected chi connectivity index (χ0v) is 13.8. The van der Waals surface area contributed by atoms with Crippen LogP contribution in [0.3, 0.4) is 0 Å². The molecule has 1 atom stereocenters. The van der Waals surface area contributed by atoms with Crippen LogP contribution in [0.5, 0.6) is 0 Å². The van der Waals surface area contributed by atoms with E-state index in [0.717, 1.165) is 17.3 Å². The number of hydrogen-bond acceptors (Lipinski definition) is 1. The molecule has 1 N–H and O–H groups in total. The summed E-state index contributed by atoms with van der Waals surface area (Å²) >= 11 is 3.59. The van der Waals surface area contributed by atoms with Gasteiger partial charge < -0.3 is 5.32 Å². The normalized spacial score (nSPS) is 12.3. The average molecular weight is 332 g/mol. The van der Waals surface area contributed by atoms with Crippen LogP contribution in [-0.4, -0.2) is 7.05 Å². The lowest BCUT2D eigenvalue weighted by Gasteiger charge is -2.17. The fourth-order valence-corrected chi connectivity index (χ4v) is 3.22. The van der Waals surface area contributed by atoms with E-state index in [4.69, 9.17) is 0 Å². The molecular formula is C18H22BrN. The minimum absolute atomic E-state index is 0.426. The third kappa shape index (κ3) is 4.46. The molecule has 1 unspecified atom stereocenters. The highest BCUT2D eigenvalue weighted by molar-refractivity contribution is 9.10. The molecule has 0 spiro atoms. The van der Waals surface area contributed by atoms with Crippen molar-refractivity contribution in [1.29, 1.82) is 0 Å². The lowest BCUT2D eigenvalue weighted by atomic mass is 9.98. The average Bonchev–Trinajstić information content (AvgIpc) is 2.43. The molecule has 2 heteroatoms. The summed E-state index contributed by atoms with van der Waals surface area (Å²) in [7, 11) is 2.05. The standard InChI is InChI=1S/C18H22BrN/c1-14-11-16(13-17(19)12-14)18(20-2)10-6-9-15-7-4-3-5-8-15/h3-5,7-8,11-13,18,20H,6,9-10H2,1-2H3. The fourth-order valence-electron chi connectivity index (χ4n) is 2.60. The van der Waals surface area contributed by atoms with Crippen molar-refractivity contribution in [3.05, 3.63) is 69.7 Å². The minimum atomic E-state index is 0.426. The first-order valence-electron chi connectivity index (χ1n) is 7.17. The van der Waals surface area contributed by atoms with Gasteiger partial charge in [0.25, 0.3) is 0 Å². The Balaban J connectivity index is 1.95. The van der Waals surface area contributed by atoms with E-state index in [9.17, 15) is 0 Å². The number of nitrogens with one attached hydrogen (secondary N) is 1. The number of benzene rings is 2. The topological polar surface area (TPSA) is 12.0 Å². The van der Waals surface area contributed by atoms with Gasteiger partial charge in [-0.3, -0.25) is 0 Å². The lowest BCUT2D eigenvalue weighted by Crippen LogP contribution is -2.16. The van der Waals surface area contributed by atoms with E-state index in [-0.39, 0.29) is 0 Å².